The Kier molecular flexibility index (Phi) is 7.33. The molecular formula is C32H35N5. The van der Waals surface area contributed by atoms with E-state index >= 15 is 0 Å². The molecule has 2 aliphatic rings. The monoisotopic (exact) mass is 489 g/mol. The second-order valence-electron chi connectivity index (χ2n) is 10.3. The van der Waals surface area contributed by atoms with Crippen LogP contribution in [-0.4, -0.2) is 32.9 Å². The zero-order valence-electron chi connectivity index (χ0n) is 21.4. The number of hydrogen-bond donors (Lipinski definition) is 1. The zero-order chi connectivity index (χ0) is 24.9. The van der Waals surface area contributed by atoms with E-state index in [1.165, 1.54) is 57.6 Å². The average Bonchev–Trinajstić information content (AvgIpc) is 3.34. The van der Waals surface area contributed by atoms with E-state index in [4.69, 9.17) is 9.97 Å². The summed E-state index contributed by atoms with van der Waals surface area (Å²) in [6, 6.07) is 19.8. The summed E-state index contributed by atoms with van der Waals surface area (Å²) in [6.07, 6.45) is 14.5. The predicted molar refractivity (Wildman–Crippen MR) is 148 cm³/mol. The van der Waals surface area contributed by atoms with Crippen LogP contribution >= 0.6 is 0 Å². The second kappa shape index (κ2) is 11.3. The molecule has 1 atom stereocenters. The van der Waals surface area contributed by atoms with Gasteiger partial charge in [0, 0.05) is 44.3 Å². The summed E-state index contributed by atoms with van der Waals surface area (Å²) < 4.78 is 0. The third kappa shape index (κ3) is 5.34. The Hall–Kier alpha value is -3.41. The molecule has 188 valence electrons. The van der Waals surface area contributed by atoms with E-state index in [1.54, 1.807) is 0 Å². The fourth-order valence-corrected chi connectivity index (χ4v) is 6.03. The van der Waals surface area contributed by atoms with Crippen molar-refractivity contribution < 1.29 is 0 Å². The van der Waals surface area contributed by atoms with E-state index in [0.717, 1.165) is 51.9 Å². The van der Waals surface area contributed by atoms with Crippen molar-refractivity contribution >= 4 is 0 Å². The first-order valence-corrected chi connectivity index (χ1v) is 13.7. The third-order valence-corrected chi connectivity index (χ3v) is 7.88. The summed E-state index contributed by atoms with van der Waals surface area (Å²) in [6.45, 7) is 3.81. The quantitative estimate of drug-likeness (QED) is 0.248. The van der Waals surface area contributed by atoms with Gasteiger partial charge in [-0.25, -0.2) is 0 Å². The molecule has 0 fully saturated rings. The Balaban J connectivity index is 1.17. The zero-order valence-corrected chi connectivity index (χ0v) is 21.4. The number of aryl methyl sites for hydroxylation is 1. The van der Waals surface area contributed by atoms with Crippen LogP contribution in [0.2, 0.25) is 0 Å². The van der Waals surface area contributed by atoms with E-state index in [2.05, 4.69) is 63.7 Å². The number of nitrogens with one attached hydrogen (secondary N) is 1. The molecule has 1 unspecified atom stereocenters. The van der Waals surface area contributed by atoms with Crippen molar-refractivity contribution in [2.24, 2.45) is 0 Å². The molecule has 2 aliphatic carbocycles. The Labute approximate surface area is 220 Å². The standard InChI is InChI=1S/C32H35N5/c1-2-12-27-26(9-1)20-29-28(27)14-18-35-30(29)23-37(31-13-5-10-25-11-7-17-36-32(25)31)19-4-3-15-33-21-24-8-6-16-34-22-24/h1-2,6-9,11-12,14,16-18,22,31,33H,3-5,10,13,15,19-21,23H2. The van der Waals surface area contributed by atoms with Crippen molar-refractivity contribution in [3.63, 3.8) is 0 Å². The largest absolute Gasteiger partial charge is 0.313 e. The molecule has 37 heavy (non-hydrogen) atoms. The van der Waals surface area contributed by atoms with Crippen LogP contribution in [0.4, 0.5) is 0 Å². The smallest absolute Gasteiger partial charge is 0.0607 e. The molecular weight excluding hydrogens is 454 g/mol. The highest BCUT2D eigenvalue weighted by molar-refractivity contribution is 5.77. The molecule has 0 aliphatic heterocycles. The Bertz CT molecular complexity index is 1340. The molecule has 0 amide bonds. The molecule has 0 radical (unpaired) electrons. The summed E-state index contributed by atoms with van der Waals surface area (Å²) >= 11 is 0. The van der Waals surface area contributed by atoms with Crippen molar-refractivity contribution in [1.82, 2.24) is 25.2 Å². The van der Waals surface area contributed by atoms with Crippen LogP contribution in [0.25, 0.3) is 11.1 Å². The lowest BCUT2D eigenvalue weighted by Gasteiger charge is -2.35. The third-order valence-electron chi connectivity index (χ3n) is 7.88. The first kappa shape index (κ1) is 24.0. The summed E-state index contributed by atoms with van der Waals surface area (Å²) in [5, 5.41) is 3.58. The van der Waals surface area contributed by atoms with Crippen LogP contribution in [0.1, 0.15) is 65.4 Å². The molecule has 0 spiro atoms. The minimum Gasteiger partial charge on any atom is -0.313 e. The molecule has 5 nitrogen and oxygen atoms in total. The number of hydrogen-bond acceptors (Lipinski definition) is 5. The Morgan fingerprint density at radius 2 is 1.78 bits per heavy atom. The number of pyridine rings is 3. The van der Waals surface area contributed by atoms with Crippen LogP contribution in [0.15, 0.2) is 79.4 Å². The molecule has 0 saturated heterocycles. The van der Waals surface area contributed by atoms with Crippen LogP contribution in [0.5, 0.6) is 0 Å². The van der Waals surface area contributed by atoms with E-state index in [9.17, 15) is 0 Å². The lowest BCUT2D eigenvalue weighted by atomic mass is 9.90. The first-order chi connectivity index (χ1) is 18.4. The molecule has 0 bridgehead atoms. The maximum atomic E-state index is 4.93. The lowest BCUT2D eigenvalue weighted by molar-refractivity contribution is 0.160. The fraction of sp³-hybridized carbons (Fsp3) is 0.344. The second-order valence-corrected chi connectivity index (χ2v) is 10.3. The predicted octanol–water partition coefficient (Wildman–Crippen LogP) is 5.89. The normalized spacial score (nSPS) is 15.9. The van der Waals surface area contributed by atoms with Gasteiger partial charge in [0.05, 0.1) is 17.4 Å². The molecule has 5 heteroatoms. The number of rotatable bonds is 10. The minimum atomic E-state index is 0.356. The highest BCUT2D eigenvalue weighted by Gasteiger charge is 2.29. The van der Waals surface area contributed by atoms with Crippen LogP contribution in [0.3, 0.4) is 0 Å². The molecule has 1 N–H and O–H groups in total. The minimum absolute atomic E-state index is 0.356. The van der Waals surface area contributed by atoms with Crippen molar-refractivity contribution in [2.75, 3.05) is 13.1 Å². The lowest BCUT2D eigenvalue weighted by Crippen LogP contribution is -2.33. The van der Waals surface area contributed by atoms with E-state index in [-0.39, 0.29) is 0 Å². The fourth-order valence-electron chi connectivity index (χ4n) is 6.03. The number of fused-ring (bicyclic) bond motifs is 4. The maximum Gasteiger partial charge on any atom is 0.0607 e. The van der Waals surface area contributed by atoms with Crippen molar-refractivity contribution in [1.29, 1.82) is 0 Å². The van der Waals surface area contributed by atoms with Gasteiger partial charge in [-0.2, -0.15) is 0 Å². The number of unbranched alkanes of at least 4 members (excludes halogenated alkanes) is 1. The summed E-state index contributed by atoms with van der Waals surface area (Å²) in [5.41, 5.74) is 10.7. The van der Waals surface area contributed by atoms with Gasteiger partial charge in [-0.15, -0.1) is 0 Å². The van der Waals surface area contributed by atoms with Gasteiger partial charge in [-0.05, 0) is 96.8 Å². The van der Waals surface area contributed by atoms with E-state index in [1.807, 2.05) is 30.9 Å². The molecule has 3 heterocycles. The van der Waals surface area contributed by atoms with Gasteiger partial charge in [-0.3, -0.25) is 19.9 Å². The van der Waals surface area contributed by atoms with Gasteiger partial charge < -0.3 is 5.32 Å². The Morgan fingerprint density at radius 1 is 0.865 bits per heavy atom. The van der Waals surface area contributed by atoms with Gasteiger partial charge in [0.1, 0.15) is 0 Å². The van der Waals surface area contributed by atoms with Gasteiger partial charge in [0.25, 0.3) is 0 Å². The van der Waals surface area contributed by atoms with Crippen molar-refractivity contribution in [3.8, 4) is 11.1 Å². The van der Waals surface area contributed by atoms with E-state index in [0.29, 0.717) is 6.04 Å². The molecule has 6 rings (SSSR count). The summed E-state index contributed by atoms with van der Waals surface area (Å²) in [7, 11) is 0. The van der Waals surface area contributed by atoms with Crippen LogP contribution in [0, 0.1) is 0 Å². The number of aromatic nitrogens is 3. The Morgan fingerprint density at radius 3 is 2.73 bits per heavy atom. The van der Waals surface area contributed by atoms with Crippen molar-refractivity contribution in [2.45, 2.75) is 57.7 Å². The van der Waals surface area contributed by atoms with Gasteiger partial charge in [0.15, 0.2) is 0 Å². The van der Waals surface area contributed by atoms with Crippen LogP contribution < -0.4 is 5.32 Å². The first-order valence-electron chi connectivity index (χ1n) is 13.7. The molecule has 4 aromatic rings. The average molecular weight is 490 g/mol. The molecule has 1 aromatic carbocycles. The highest BCUT2D eigenvalue weighted by Crippen LogP contribution is 2.39. The SMILES string of the molecule is c1cncc(CNCCCCN(Cc2nccc3c2Cc2ccccc2-3)C2CCCc3cccnc32)c1. The topological polar surface area (TPSA) is 53.9 Å². The van der Waals surface area contributed by atoms with Gasteiger partial charge >= 0.3 is 0 Å². The number of benzene rings is 1. The summed E-state index contributed by atoms with van der Waals surface area (Å²) in [5.74, 6) is 0. The highest BCUT2D eigenvalue weighted by atomic mass is 15.2. The van der Waals surface area contributed by atoms with Crippen LogP contribution in [-0.2, 0) is 25.9 Å². The van der Waals surface area contributed by atoms with Gasteiger partial charge in [0.2, 0.25) is 0 Å². The molecule has 3 aromatic heterocycles. The van der Waals surface area contributed by atoms with Crippen molar-refractivity contribution in [3.05, 3.63) is 113 Å². The number of nitrogens with zero attached hydrogens (tertiary/aromatic N) is 4. The summed E-state index contributed by atoms with van der Waals surface area (Å²) in [4.78, 5) is 16.7. The molecule has 0 saturated carbocycles. The van der Waals surface area contributed by atoms with E-state index < -0.39 is 0 Å². The maximum absolute atomic E-state index is 4.93. The van der Waals surface area contributed by atoms with Gasteiger partial charge in [-0.1, -0.05) is 36.4 Å².